The summed E-state index contributed by atoms with van der Waals surface area (Å²) in [5.41, 5.74) is 8.23. The second-order valence-electron chi connectivity index (χ2n) is 6.17. The maximum atomic E-state index is 12.6. The number of rotatable bonds is 2. The van der Waals surface area contributed by atoms with Crippen LogP contribution < -0.4 is 11.1 Å². The number of allylic oxidation sites excluding steroid dienone is 6. The molecule has 0 aromatic heterocycles. The number of hydrogen-bond donors (Lipinski definition) is 1. The van der Waals surface area contributed by atoms with E-state index >= 15 is 0 Å². The van der Waals surface area contributed by atoms with Gasteiger partial charge in [0, 0.05) is 10.6 Å². The molecule has 0 saturated carbocycles. The van der Waals surface area contributed by atoms with Gasteiger partial charge in [0.1, 0.15) is 0 Å². The molecule has 1 heterocycles. The molecule has 2 aliphatic carbocycles. The lowest BCUT2D eigenvalue weighted by molar-refractivity contribution is -0.116. The molecule has 1 aliphatic heterocycles. The molecule has 25 heavy (non-hydrogen) atoms. The highest BCUT2D eigenvalue weighted by atomic mass is 35.5. The molecule has 0 saturated heterocycles. The van der Waals surface area contributed by atoms with E-state index in [-0.39, 0.29) is 5.91 Å². The Morgan fingerprint density at radius 1 is 1.28 bits per heavy atom. The second kappa shape index (κ2) is 5.60. The van der Waals surface area contributed by atoms with Crippen molar-refractivity contribution in [3.8, 4) is 0 Å². The molecule has 1 radical (unpaired) electrons. The molecule has 1 atom stereocenters. The Bertz CT molecular complexity index is 966. The fourth-order valence-corrected chi connectivity index (χ4v) is 3.70. The zero-order chi connectivity index (χ0) is 17.6. The highest BCUT2D eigenvalue weighted by molar-refractivity contribution is 6.31. The molecule has 4 nitrogen and oxygen atoms in total. The van der Waals surface area contributed by atoms with E-state index < -0.39 is 11.3 Å². The number of amides is 2. The third-order valence-electron chi connectivity index (χ3n) is 4.75. The number of halogens is 1. The maximum absolute atomic E-state index is 12.6. The van der Waals surface area contributed by atoms with Crippen LogP contribution in [-0.2, 0) is 4.79 Å². The van der Waals surface area contributed by atoms with Crippen molar-refractivity contribution in [2.24, 2.45) is 11.1 Å². The van der Waals surface area contributed by atoms with E-state index in [4.69, 9.17) is 17.3 Å². The number of carbonyl (C=O) groups is 2. The molecule has 123 valence electrons. The van der Waals surface area contributed by atoms with E-state index in [2.05, 4.69) is 5.32 Å². The summed E-state index contributed by atoms with van der Waals surface area (Å²) in [5.74, 6) is -0.823. The number of primary amides is 1. The van der Waals surface area contributed by atoms with Crippen LogP contribution in [0.2, 0.25) is 0 Å². The molecule has 1 unspecified atom stereocenters. The SMILES string of the molecule is NC(=O)c1cccc(C2=C3C=CC=C4C=C(Cl)C=CC43C[N]C2=O)c1. The average molecular weight is 350 g/mol. The minimum atomic E-state index is -0.533. The summed E-state index contributed by atoms with van der Waals surface area (Å²) in [7, 11) is 0. The van der Waals surface area contributed by atoms with Crippen LogP contribution in [0, 0.1) is 5.41 Å². The zero-order valence-corrected chi connectivity index (χ0v) is 14.0. The minimum Gasteiger partial charge on any atom is -0.366 e. The first-order valence-electron chi connectivity index (χ1n) is 7.83. The normalized spacial score (nSPS) is 24.1. The molecule has 1 spiro atoms. The molecular formula is C20H14ClN2O2. The van der Waals surface area contributed by atoms with Crippen LogP contribution in [0.4, 0.5) is 0 Å². The summed E-state index contributed by atoms with van der Waals surface area (Å²) in [4.78, 5) is 24.1. The Balaban J connectivity index is 1.95. The highest BCUT2D eigenvalue weighted by Gasteiger charge is 2.44. The Kier molecular flexibility index (Phi) is 3.51. The summed E-state index contributed by atoms with van der Waals surface area (Å²) in [6.45, 7) is 0.341. The van der Waals surface area contributed by atoms with Crippen LogP contribution in [0.25, 0.3) is 5.57 Å². The predicted molar refractivity (Wildman–Crippen MR) is 96.6 cm³/mol. The number of nitrogens with zero attached hydrogens (tertiary/aromatic N) is 1. The van der Waals surface area contributed by atoms with E-state index in [1.54, 1.807) is 24.3 Å². The second-order valence-corrected chi connectivity index (χ2v) is 6.61. The lowest BCUT2D eigenvalue weighted by Crippen LogP contribution is -2.42. The van der Waals surface area contributed by atoms with Crippen molar-refractivity contribution >= 4 is 29.0 Å². The molecule has 0 bridgehead atoms. The molecule has 2 N–H and O–H groups in total. The first-order valence-corrected chi connectivity index (χ1v) is 8.21. The van der Waals surface area contributed by atoms with Crippen LogP contribution in [0.3, 0.4) is 0 Å². The van der Waals surface area contributed by atoms with Crippen molar-refractivity contribution in [2.75, 3.05) is 6.54 Å². The van der Waals surface area contributed by atoms with Gasteiger partial charge in [-0.3, -0.25) is 9.59 Å². The van der Waals surface area contributed by atoms with Gasteiger partial charge in [-0.2, -0.15) is 0 Å². The molecule has 4 rings (SSSR count). The summed E-state index contributed by atoms with van der Waals surface area (Å²) in [6, 6.07) is 6.78. The van der Waals surface area contributed by atoms with Crippen LogP contribution in [0.5, 0.6) is 0 Å². The number of carbonyl (C=O) groups excluding carboxylic acids is 2. The van der Waals surface area contributed by atoms with E-state index in [1.807, 2.05) is 36.5 Å². The highest BCUT2D eigenvalue weighted by Crippen LogP contribution is 2.49. The lowest BCUT2D eigenvalue weighted by atomic mass is 9.65. The Morgan fingerprint density at radius 2 is 2.12 bits per heavy atom. The number of hydrogen-bond acceptors (Lipinski definition) is 2. The summed E-state index contributed by atoms with van der Waals surface area (Å²) < 4.78 is 0. The first kappa shape index (κ1) is 15.7. The van der Waals surface area contributed by atoms with Gasteiger partial charge in [0.15, 0.2) is 0 Å². The van der Waals surface area contributed by atoms with Crippen molar-refractivity contribution in [2.45, 2.75) is 0 Å². The molecular weight excluding hydrogens is 336 g/mol. The molecule has 1 aromatic carbocycles. The van der Waals surface area contributed by atoms with Gasteiger partial charge in [0.05, 0.1) is 17.5 Å². The maximum Gasteiger partial charge on any atom is 0.273 e. The monoisotopic (exact) mass is 349 g/mol. The quantitative estimate of drug-likeness (QED) is 0.891. The van der Waals surface area contributed by atoms with Gasteiger partial charge in [0.25, 0.3) is 5.91 Å². The third kappa shape index (κ3) is 2.37. The molecule has 1 aromatic rings. The first-order chi connectivity index (χ1) is 12.0. The van der Waals surface area contributed by atoms with Gasteiger partial charge in [-0.25, -0.2) is 5.32 Å². The van der Waals surface area contributed by atoms with Crippen LogP contribution in [0.15, 0.2) is 76.9 Å². The topological polar surface area (TPSA) is 74.3 Å². The van der Waals surface area contributed by atoms with Crippen LogP contribution in [-0.4, -0.2) is 18.4 Å². The standard InChI is InChI=1S/C20H14ClN2O2/c21-15-7-8-20-11-23-19(25)17(16(20)6-2-5-14(20)10-15)12-3-1-4-13(9-12)18(22)24/h1-10H,11H2,(H2,22,24). The van der Waals surface area contributed by atoms with Gasteiger partial charge in [-0.15, -0.1) is 0 Å². The molecule has 0 fully saturated rings. The summed E-state index contributed by atoms with van der Waals surface area (Å²) >= 11 is 6.15. The van der Waals surface area contributed by atoms with Gasteiger partial charge in [-0.05, 0) is 41.0 Å². The van der Waals surface area contributed by atoms with Gasteiger partial charge < -0.3 is 5.73 Å². The Hall–Kier alpha value is -2.85. The fraction of sp³-hybridized carbons (Fsp3) is 0.100. The lowest BCUT2D eigenvalue weighted by Gasteiger charge is -2.41. The van der Waals surface area contributed by atoms with Crippen molar-refractivity contribution < 1.29 is 9.59 Å². The average Bonchev–Trinajstić information content (AvgIpc) is 2.61. The molecule has 5 heteroatoms. The largest absolute Gasteiger partial charge is 0.366 e. The van der Waals surface area contributed by atoms with Crippen LogP contribution in [0.1, 0.15) is 15.9 Å². The summed E-state index contributed by atoms with van der Waals surface area (Å²) in [5, 5.41) is 4.87. The van der Waals surface area contributed by atoms with Gasteiger partial charge >= 0.3 is 0 Å². The van der Waals surface area contributed by atoms with Crippen molar-refractivity contribution in [1.82, 2.24) is 5.32 Å². The minimum absolute atomic E-state index is 0.290. The number of benzene rings is 1. The van der Waals surface area contributed by atoms with Crippen molar-refractivity contribution in [3.63, 3.8) is 0 Å². The smallest absolute Gasteiger partial charge is 0.273 e. The van der Waals surface area contributed by atoms with Crippen molar-refractivity contribution in [3.05, 3.63) is 88.0 Å². The van der Waals surface area contributed by atoms with Gasteiger partial charge in [0.2, 0.25) is 5.91 Å². The van der Waals surface area contributed by atoms with E-state index in [0.29, 0.717) is 28.3 Å². The Labute approximate surface area is 150 Å². The Morgan fingerprint density at radius 3 is 2.92 bits per heavy atom. The van der Waals surface area contributed by atoms with E-state index in [9.17, 15) is 9.59 Å². The van der Waals surface area contributed by atoms with E-state index in [0.717, 1.165) is 11.1 Å². The van der Waals surface area contributed by atoms with Gasteiger partial charge in [-0.1, -0.05) is 48.0 Å². The molecule has 3 aliphatic rings. The number of nitrogens with two attached hydrogens (primary N) is 1. The fourth-order valence-electron chi connectivity index (χ4n) is 3.52. The summed E-state index contributed by atoms with van der Waals surface area (Å²) in [6.07, 6.45) is 11.5. The molecule has 2 amide bonds. The third-order valence-corrected chi connectivity index (χ3v) is 4.98. The zero-order valence-electron chi connectivity index (χ0n) is 13.2. The van der Waals surface area contributed by atoms with Crippen LogP contribution >= 0.6 is 11.6 Å². The van der Waals surface area contributed by atoms with Crippen molar-refractivity contribution in [1.29, 1.82) is 0 Å². The van der Waals surface area contributed by atoms with E-state index in [1.165, 1.54) is 0 Å². The predicted octanol–water partition coefficient (Wildman–Crippen LogP) is 2.86.